The normalized spacial score (nSPS) is 21.9. The molecule has 3 rings (SSSR count). The first-order chi connectivity index (χ1) is 9.67. The van der Waals surface area contributed by atoms with E-state index in [9.17, 15) is 0 Å². The van der Waals surface area contributed by atoms with Gasteiger partial charge in [0.05, 0.1) is 10.0 Å². The van der Waals surface area contributed by atoms with E-state index in [1.54, 1.807) is 0 Å². The molecule has 1 aromatic rings. The third-order valence-corrected chi connectivity index (χ3v) is 5.56. The predicted molar refractivity (Wildman–Crippen MR) is 86.7 cm³/mol. The van der Waals surface area contributed by atoms with Gasteiger partial charge in [0.2, 0.25) is 0 Å². The summed E-state index contributed by atoms with van der Waals surface area (Å²) >= 11 is 12.2. The minimum Gasteiger partial charge on any atom is -0.313 e. The molecular weight excluding hydrogens is 289 g/mol. The van der Waals surface area contributed by atoms with Gasteiger partial charge in [0.15, 0.2) is 0 Å². The fraction of sp³-hybridized carbons (Fsp3) is 0.647. The summed E-state index contributed by atoms with van der Waals surface area (Å²) in [4.78, 5) is 0. The summed E-state index contributed by atoms with van der Waals surface area (Å²) in [6.07, 6.45) is 10.7. The third kappa shape index (κ3) is 3.69. The van der Waals surface area contributed by atoms with E-state index in [2.05, 4.69) is 17.4 Å². The highest BCUT2D eigenvalue weighted by Gasteiger charge is 2.34. The van der Waals surface area contributed by atoms with Crippen LogP contribution >= 0.6 is 23.2 Å². The van der Waals surface area contributed by atoms with E-state index in [0.29, 0.717) is 15.5 Å². The van der Waals surface area contributed by atoms with E-state index >= 15 is 0 Å². The molecule has 0 unspecified atom stereocenters. The molecule has 0 aromatic heterocycles. The molecule has 2 aliphatic rings. The number of hydrogen-bond donors (Lipinski definition) is 1. The van der Waals surface area contributed by atoms with E-state index in [4.69, 9.17) is 23.2 Å². The number of benzene rings is 1. The lowest BCUT2D eigenvalue weighted by molar-refractivity contribution is 0.180. The summed E-state index contributed by atoms with van der Waals surface area (Å²) in [5.41, 5.74) is 1.76. The fourth-order valence-electron chi connectivity index (χ4n) is 3.45. The lowest BCUT2D eigenvalue weighted by Gasteiger charge is -2.38. The average Bonchev–Trinajstić information content (AvgIpc) is 3.26. The molecule has 2 saturated carbocycles. The summed E-state index contributed by atoms with van der Waals surface area (Å²) in [6.45, 7) is 1.16. The molecule has 20 heavy (non-hydrogen) atoms. The van der Waals surface area contributed by atoms with Gasteiger partial charge in [0.1, 0.15) is 0 Å². The highest BCUT2D eigenvalue weighted by molar-refractivity contribution is 6.42. The van der Waals surface area contributed by atoms with Crippen molar-refractivity contribution in [3.05, 3.63) is 33.8 Å². The molecule has 0 spiro atoms. The summed E-state index contributed by atoms with van der Waals surface area (Å²) in [6, 6.07) is 6.92. The molecule has 3 heteroatoms. The maximum absolute atomic E-state index is 6.17. The van der Waals surface area contributed by atoms with Crippen molar-refractivity contribution >= 4 is 23.2 Å². The number of rotatable bonds is 5. The van der Waals surface area contributed by atoms with Gasteiger partial charge in [-0.3, -0.25) is 0 Å². The van der Waals surface area contributed by atoms with E-state index in [-0.39, 0.29) is 0 Å². The first kappa shape index (κ1) is 14.7. The summed E-state index contributed by atoms with van der Waals surface area (Å²) < 4.78 is 0. The van der Waals surface area contributed by atoms with Crippen LogP contribution in [0.15, 0.2) is 18.2 Å². The van der Waals surface area contributed by atoms with Crippen LogP contribution in [0.5, 0.6) is 0 Å². The lowest BCUT2D eigenvalue weighted by Crippen LogP contribution is -2.38. The Morgan fingerprint density at radius 1 is 1.05 bits per heavy atom. The Balaban J connectivity index is 1.71. The second-order valence-corrected chi connectivity index (χ2v) is 7.46. The van der Waals surface area contributed by atoms with Gasteiger partial charge in [0.25, 0.3) is 0 Å². The van der Waals surface area contributed by atoms with Crippen molar-refractivity contribution in [2.45, 2.75) is 57.4 Å². The summed E-state index contributed by atoms with van der Waals surface area (Å²) in [5, 5.41) is 5.10. The standard InChI is InChI=1S/C17H23Cl2N/c18-15-7-4-13(10-16(15)19)11-17(8-2-1-3-9-17)12-20-14-5-6-14/h4,7,10,14,20H,1-3,5-6,8-9,11-12H2. The molecule has 1 N–H and O–H groups in total. The topological polar surface area (TPSA) is 12.0 Å². The Kier molecular flexibility index (Phi) is 4.59. The molecule has 0 saturated heterocycles. The lowest BCUT2D eigenvalue weighted by atomic mass is 9.70. The maximum atomic E-state index is 6.17. The summed E-state index contributed by atoms with van der Waals surface area (Å²) in [5.74, 6) is 0. The molecule has 2 fully saturated rings. The van der Waals surface area contributed by atoms with Crippen molar-refractivity contribution in [1.29, 1.82) is 0 Å². The van der Waals surface area contributed by atoms with Gasteiger partial charge in [-0.1, -0.05) is 48.5 Å². The molecule has 1 aromatic carbocycles. The Hall–Kier alpha value is -0.240. The van der Waals surface area contributed by atoms with Crippen LogP contribution in [0.2, 0.25) is 10.0 Å². The minimum absolute atomic E-state index is 0.429. The zero-order chi connectivity index (χ0) is 14.0. The molecule has 2 aliphatic carbocycles. The molecular formula is C17H23Cl2N. The van der Waals surface area contributed by atoms with Crippen LogP contribution in [0.25, 0.3) is 0 Å². The van der Waals surface area contributed by atoms with Crippen molar-refractivity contribution in [3.63, 3.8) is 0 Å². The highest BCUT2D eigenvalue weighted by Crippen LogP contribution is 2.40. The molecule has 0 atom stereocenters. The Labute approximate surface area is 132 Å². The van der Waals surface area contributed by atoms with Crippen LogP contribution in [-0.4, -0.2) is 12.6 Å². The van der Waals surface area contributed by atoms with Gasteiger partial charge < -0.3 is 5.32 Å². The zero-order valence-electron chi connectivity index (χ0n) is 11.9. The quantitative estimate of drug-likeness (QED) is 0.784. The van der Waals surface area contributed by atoms with Crippen molar-refractivity contribution < 1.29 is 0 Å². The van der Waals surface area contributed by atoms with Gasteiger partial charge in [0, 0.05) is 12.6 Å². The maximum Gasteiger partial charge on any atom is 0.0595 e. The Morgan fingerprint density at radius 2 is 1.80 bits per heavy atom. The predicted octanol–water partition coefficient (Wildman–Crippen LogP) is 5.24. The summed E-state index contributed by atoms with van der Waals surface area (Å²) in [7, 11) is 0. The molecule has 0 amide bonds. The number of nitrogens with one attached hydrogen (secondary N) is 1. The fourth-order valence-corrected chi connectivity index (χ4v) is 3.77. The molecule has 1 nitrogen and oxygen atoms in total. The largest absolute Gasteiger partial charge is 0.313 e. The smallest absolute Gasteiger partial charge is 0.0595 e. The van der Waals surface area contributed by atoms with Gasteiger partial charge >= 0.3 is 0 Å². The number of hydrogen-bond acceptors (Lipinski definition) is 1. The molecule has 0 heterocycles. The van der Waals surface area contributed by atoms with Gasteiger partial charge in [-0.2, -0.15) is 0 Å². The minimum atomic E-state index is 0.429. The van der Waals surface area contributed by atoms with Crippen molar-refractivity contribution in [2.75, 3.05) is 6.54 Å². The van der Waals surface area contributed by atoms with Gasteiger partial charge in [-0.25, -0.2) is 0 Å². The first-order valence-corrected chi connectivity index (χ1v) is 8.60. The average molecular weight is 312 g/mol. The second kappa shape index (κ2) is 6.25. The van der Waals surface area contributed by atoms with Crippen molar-refractivity contribution in [2.24, 2.45) is 5.41 Å². The van der Waals surface area contributed by atoms with E-state index in [1.165, 1.54) is 50.5 Å². The third-order valence-electron chi connectivity index (χ3n) is 4.82. The second-order valence-electron chi connectivity index (χ2n) is 6.64. The van der Waals surface area contributed by atoms with E-state index in [1.807, 2.05) is 6.07 Å². The Bertz CT molecular complexity index is 462. The molecule has 0 bridgehead atoms. The molecule has 0 aliphatic heterocycles. The van der Waals surface area contributed by atoms with Crippen LogP contribution in [0.1, 0.15) is 50.5 Å². The van der Waals surface area contributed by atoms with Crippen LogP contribution in [-0.2, 0) is 6.42 Å². The van der Waals surface area contributed by atoms with E-state index in [0.717, 1.165) is 19.0 Å². The van der Waals surface area contributed by atoms with Crippen LogP contribution in [0.3, 0.4) is 0 Å². The highest BCUT2D eigenvalue weighted by atomic mass is 35.5. The van der Waals surface area contributed by atoms with Crippen molar-refractivity contribution in [1.82, 2.24) is 5.32 Å². The Morgan fingerprint density at radius 3 is 2.45 bits per heavy atom. The molecule has 110 valence electrons. The monoisotopic (exact) mass is 311 g/mol. The van der Waals surface area contributed by atoms with Crippen LogP contribution in [0.4, 0.5) is 0 Å². The zero-order valence-corrected chi connectivity index (χ0v) is 13.4. The van der Waals surface area contributed by atoms with Crippen LogP contribution < -0.4 is 5.32 Å². The first-order valence-electron chi connectivity index (χ1n) is 7.84. The molecule has 0 radical (unpaired) electrons. The van der Waals surface area contributed by atoms with Crippen LogP contribution in [0, 0.1) is 5.41 Å². The van der Waals surface area contributed by atoms with E-state index < -0.39 is 0 Å². The number of halogens is 2. The van der Waals surface area contributed by atoms with Gasteiger partial charge in [-0.15, -0.1) is 0 Å². The SMILES string of the molecule is Clc1ccc(CC2(CNC3CC3)CCCCC2)cc1Cl. The van der Waals surface area contributed by atoms with Gasteiger partial charge in [-0.05, 0) is 55.2 Å². The van der Waals surface area contributed by atoms with Crippen molar-refractivity contribution in [3.8, 4) is 0 Å².